The summed E-state index contributed by atoms with van der Waals surface area (Å²) in [5.74, 6) is -1.84. The molecule has 2 aromatic rings. The number of ether oxygens (including phenoxy) is 1. The van der Waals surface area contributed by atoms with Crippen LogP contribution in [0.15, 0.2) is 53.7 Å². The first-order valence-electron chi connectivity index (χ1n) is 10.8. The lowest BCUT2D eigenvalue weighted by atomic mass is 9.94. The molecule has 2 N–H and O–H groups in total. The summed E-state index contributed by atoms with van der Waals surface area (Å²) in [6, 6.07) is 7.86. The quantitative estimate of drug-likeness (QED) is 0.481. The van der Waals surface area contributed by atoms with Crippen molar-refractivity contribution < 1.29 is 32.6 Å². The van der Waals surface area contributed by atoms with Gasteiger partial charge in [0.15, 0.2) is 5.78 Å². The first-order valence-corrected chi connectivity index (χ1v) is 13.3. The van der Waals surface area contributed by atoms with Crippen molar-refractivity contribution in [3.8, 4) is 5.75 Å². The largest absolute Gasteiger partial charge is 0.479 e. The van der Waals surface area contributed by atoms with Gasteiger partial charge >= 0.3 is 12.1 Å². The third-order valence-corrected chi connectivity index (χ3v) is 8.93. The van der Waals surface area contributed by atoms with Crippen molar-refractivity contribution in [2.24, 2.45) is 0 Å². The number of Topliss-reactive ketones (excluding diaryl/α,β-unsaturated/α-hetero) is 1. The number of sulfonamides is 1. The summed E-state index contributed by atoms with van der Waals surface area (Å²) < 4.78 is 33.4. The number of carbonyl (C=O) groups is 3. The number of aliphatic carboxylic acids is 1. The van der Waals surface area contributed by atoms with Gasteiger partial charge in [0.05, 0.1) is 5.69 Å². The number of hydrogen-bond acceptors (Lipinski definition) is 9. The summed E-state index contributed by atoms with van der Waals surface area (Å²) in [4.78, 5) is 43.1. The van der Waals surface area contributed by atoms with E-state index in [1.807, 2.05) is 13.8 Å². The van der Waals surface area contributed by atoms with Crippen molar-refractivity contribution in [3.05, 3.63) is 48.8 Å². The molecular formula is C23H28N4O7S2. The number of carboxylic acid groups (broad SMARTS) is 1. The number of rotatable bonds is 8. The number of nitrogens with one attached hydrogen (secondary N) is 1. The third kappa shape index (κ3) is 5.32. The Bertz CT molecular complexity index is 1250. The second-order valence-electron chi connectivity index (χ2n) is 9.18. The highest BCUT2D eigenvalue weighted by Gasteiger charge is 2.56. The molecule has 1 amide bonds. The van der Waals surface area contributed by atoms with E-state index in [2.05, 4.69) is 10.3 Å². The number of carbonyl (C=O) groups excluding carboxylic acids is 2. The molecule has 36 heavy (non-hydrogen) atoms. The van der Waals surface area contributed by atoms with Gasteiger partial charge < -0.3 is 14.7 Å². The minimum absolute atomic E-state index is 0.106. The maximum Gasteiger partial charge on any atom is 0.414 e. The number of nitrogens with zero attached hydrogens (tertiary/aromatic N) is 3. The van der Waals surface area contributed by atoms with Gasteiger partial charge in [0.25, 0.3) is 10.0 Å². The zero-order valence-electron chi connectivity index (χ0n) is 20.5. The molecule has 0 bridgehead atoms. The fourth-order valence-corrected chi connectivity index (χ4v) is 6.66. The minimum atomic E-state index is -4.59. The van der Waals surface area contributed by atoms with E-state index in [0.29, 0.717) is 10.1 Å². The highest BCUT2D eigenvalue weighted by atomic mass is 32.2. The van der Waals surface area contributed by atoms with Gasteiger partial charge in [-0.2, -0.15) is 0 Å². The highest BCUT2D eigenvalue weighted by Crippen LogP contribution is 2.37. The van der Waals surface area contributed by atoms with Crippen LogP contribution in [0.1, 0.15) is 20.8 Å². The molecule has 1 aromatic carbocycles. The van der Waals surface area contributed by atoms with E-state index in [1.165, 1.54) is 73.4 Å². The molecule has 1 aromatic heterocycles. The third-order valence-electron chi connectivity index (χ3n) is 5.49. The molecule has 2 atom stereocenters. The van der Waals surface area contributed by atoms with Gasteiger partial charge in [0, 0.05) is 37.8 Å². The van der Waals surface area contributed by atoms with E-state index in [1.54, 1.807) is 0 Å². The maximum absolute atomic E-state index is 13.8. The number of carboxylic acids is 1. The maximum atomic E-state index is 13.8. The normalized spacial score (nSPS) is 18.6. The van der Waals surface area contributed by atoms with Gasteiger partial charge in [0.1, 0.15) is 16.0 Å². The zero-order valence-corrected chi connectivity index (χ0v) is 22.1. The summed E-state index contributed by atoms with van der Waals surface area (Å²) in [7, 11) is -1.59. The number of ketones is 1. The fraction of sp³-hybridized carbons (Fsp3) is 0.391. The monoisotopic (exact) mass is 536 g/mol. The average Bonchev–Trinajstić information content (AvgIpc) is 3.19. The van der Waals surface area contributed by atoms with Crippen LogP contribution in [-0.4, -0.2) is 77.6 Å². The predicted molar refractivity (Wildman–Crippen MR) is 135 cm³/mol. The van der Waals surface area contributed by atoms with Gasteiger partial charge in [-0.1, -0.05) is 0 Å². The van der Waals surface area contributed by atoms with Crippen LogP contribution in [0.4, 0.5) is 10.5 Å². The van der Waals surface area contributed by atoms with Gasteiger partial charge in [-0.3, -0.25) is 15.1 Å². The Kier molecular flexibility index (Phi) is 7.67. The molecular weight excluding hydrogens is 508 g/mol. The van der Waals surface area contributed by atoms with Crippen molar-refractivity contribution in [2.75, 3.05) is 24.2 Å². The smallest absolute Gasteiger partial charge is 0.414 e. The van der Waals surface area contributed by atoms with Crippen LogP contribution in [0.3, 0.4) is 0 Å². The standard InChI is InChI=1S/C23H28N4O7S2/c1-22(2)14-35-19(25-22)18(28)23(3,20(29)30)27(36(32,33)17-7-6-12-24-13-17)15-8-10-16(11-9-15)34-21(31)26(4)5/h6-13,19,25H,14H2,1-5H3,(H,29,30)/t19-,23+/m0/s1. The number of benzene rings is 1. The number of amides is 1. The molecule has 0 radical (unpaired) electrons. The number of thioether (sulfide) groups is 1. The van der Waals surface area contributed by atoms with Gasteiger partial charge in [0.2, 0.25) is 5.54 Å². The molecule has 1 aliphatic heterocycles. The van der Waals surface area contributed by atoms with Crippen molar-refractivity contribution in [1.29, 1.82) is 0 Å². The highest BCUT2D eigenvalue weighted by molar-refractivity contribution is 8.01. The van der Waals surface area contributed by atoms with Crippen LogP contribution in [0.5, 0.6) is 5.75 Å². The van der Waals surface area contributed by atoms with E-state index >= 15 is 0 Å². The van der Waals surface area contributed by atoms with E-state index in [9.17, 15) is 27.9 Å². The van der Waals surface area contributed by atoms with E-state index in [4.69, 9.17) is 4.74 Å². The van der Waals surface area contributed by atoms with Crippen LogP contribution in [0.2, 0.25) is 0 Å². The second-order valence-corrected chi connectivity index (χ2v) is 12.1. The molecule has 0 spiro atoms. The Hall–Kier alpha value is -3.16. The van der Waals surface area contributed by atoms with Crippen molar-refractivity contribution >= 4 is 45.3 Å². The topological polar surface area (TPSA) is 146 Å². The fourth-order valence-electron chi connectivity index (χ4n) is 3.50. The number of hydrogen-bond donors (Lipinski definition) is 2. The van der Waals surface area contributed by atoms with E-state index < -0.39 is 44.3 Å². The van der Waals surface area contributed by atoms with Crippen LogP contribution in [0, 0.1) is 0 Å². The number of anilines is 1. The summed E-state index contributed by atoms with van der Waals surface area (Å²) in [5, 5.41) is 12.4. The number of pyridine rings is 1. The Labute approximate surface area is 213 Å². The molecule has 0 saturated carbocycles. The van der Waals surface area contributed by atoms with Crippen LogP contribution in [0.25, 0.3) is 0 Å². The average molecular weight is 537 g/mol. The summed E-state index contributed by atoms with van der Waals surface area (Å²) >= 11 is 1.21. The molecule has 0 aliphatic carbocycles. The molecule has 1 fully saturated rings. The Morgan fingerprint density at radius 2 is 1.83 bits per heavy atom. The molecule has 11 nitrogen and oxygen atoms in total. The van der Waals surface area contributed by atoms with Crippen LogP contribution in [-0.2, 0) is 19.6 Å². The van der Waals surface area contributed by atoms with Gasteiger partial charge in [-0.15, -0.1) is 11.8 Å². The molecule has 3 rings (SSSR count). The molecule has 194 valence electrons. The van der Waals surface area contributed by atoms with E-state index in [0.717, 1.165) is 13.1 Å². The van der Waals surface area contributed by atoms with Crippen molar-refractivity contribution in [2.45, 2.75) is 42.1 Å². The Balaban J connectivity index is 2.15. The summed E-state index contributed by atoms with van der Waals surface area (Å²) in [6.07, 6.45) is 1.80. The van der Waals surface area contributed by atoms with Gasteiger partial charge in [-0.05, 0) is 57.2 Å². The lowest BCUT2D eigenvalue weighted by molar-refractivity contribution is -0.147. The van der Waals surface area contributed by atoms with Crippen LogP contribution >= 0.6 is 11.8 Å². The first-order chi connectivity index (χ1) is 16.7. The van der Waals surface area contributed by atoms with E-state index in [-0.39, 0.29) is 16.3 Å². The zero-order chi connectivity index (χ0) is 26.9. The van der Waals surface area contributed by atoms with Crippen molar-refractivity contribution in [3.63, 3.8) is 0 Å². The molecule has 2 heterocycles. The summed E-state index contributed by atoms with van der Waals surface area (Å²) in [5.41, 5.74) is -3.08. The second kappa shape index (κ2) is 10.1. The van der Waals surface area contributed by atoms with Crippen LogP contribution < -0.4 is 14.4 Å². The lowest BCUT2D eigenvalue weighted by Crippen LogP contribution is -2.64. The Morgan fingerprint density at radius 1 is 1.19 bits per heavy atom. The minimum Gasteiger partial charge on any atom is -0.479 e. The molecule has 1 saturated heterocycles. The Morgan fingerprint density at radius 3 is 2.31 bits per heavy atom. The lowest BCUT2D eigenvalue weighted by Gasteiger charge is -2.38. The summed E-state index contributed by atoms with van der Waals surface area (Å²) in [6.45, 7) is 4.80. The predicted octanol–water partition coefficient (Wildman–Crippen LogP) is 2.19. The SMILES string of the molecule is CN(C)C(=O)Oc1ccc(N([C@@](C)(C(=O)O)C(=O)[C@H]2NC(C)(C)CS2)S(=O)(=O)c2cccnc2)cc1. The molecule has 0 unspecified atom stereocenters. The molecule has 1 aliphatic rings. The molecule has 13 heteroatoms. The first kappa shape index (κ1) is 27.4. The number of aromatic nitrogens is 1. The van der Waals surface area contributed by atoms with Crippen molar-refractivity contribution in [1.82, 2.24) is 15.2 Å². The van der Waals surface area contributed by atoms with Gasteiger partial charge in [-0.25, -0.2) is 22.3 Å².